The van der Waals surface area contributed by atoms with Gasteiger partial charge in [-0.1, -0.05) is 35.9 Å². The van der Waals surface area contributed by atoms with Crippen LogP contribution < -0.4 is 10.2 Å². The number of benzene rings is 3. The number of hydrogen-bond acceptors (Lipinski definition) is 4. The second-order valence-corrected chi connectivity index (χ2v) is 9.72. The molecule has 34 heavy (non-hydrogen) atoms. The number of carbonyl (C=O) groups excluding carboxylic acids is 3. The predicted molar refractivity (Wildman–Crippen MR) is 135 cm³/mol. The molecule has 0 aliphatic carbocycles. The van der Waals surface area contributed by atoms with Crippen molar-refractivity contribution in [2.75, 3.05) is 10.2 Å². The van der Waals surface area contributed by atoms with Crippen molar-refractivity contribution in [1.29, 1.82) is 0 Å². The Kier molecular flexibility index (Phi) is 6.13. The number of H-pyrrole nitrogens is 1. The van der Waals surface area contributed by atoms with E-state index >= 15 is 0 Å². The molecule has 0 radical (unpaired) electrons. The molecule has 1 aromatic heterocycles. The Morgan fingerprint density at radius 1 is 1.06 bits per heavy atom. The number of nitrogens with one attached hydrogen (secondary N) is 2. The molecule has 1 aliphatic heterocycles. The summed E-state index contributed by atoms with van der Waals surface area (Å²) in [7, 11) is 0. The summed E-state index contributed by atoms with van der Waals surface area (Å²) in [5, 5.41) is 4.01. The molecule has 2 N–H and O–H groups in total. The number of hydrogen-bond donors (Lipinski definition) is 2. The van der Waals surface area contributed by atoms with Crippen molar-refractivity contribution in [3.8, 4) is 0 Å². The molecule has 8 heteroatoms. The van der Waals surface area contributed by atoms with E-state index < -0.39 is 5.25 Å². The van der Waals surface area contributed by atoms with Crippen molar-refractivity contribution in [1.82, 2.24) is 4.98 Å². The average Bonchev–Trinajstić information content (AvgIpc) is 3.39. The summed E-state index contributed by atoms with van der Waals surface area (Å²) in [6, 6.07) is 21.9. The minimum Gasteiger partial charge on any atom is -0.361 e. The van der Waals surface area contributed by atoms with Gasteiger partial charge in [-0.15, -0.1) is 11.8 Å². The number of rotatable bonds is 6. The van der Waals surface area contributed by atoms with Crippen molar-refractivity contribution in [3.05, 3.63) is 89.6 Å². The molecule has 1 saturated heterocycles. The largest absolute Gasteiger partial charge is 0.361 e. The zero-order valence-electron chi connectivity index (χ0n) is 18.0. The molecule has 3 amide bonds. The zero-order chi connectivity index (χ0) is 23.7. The highest BCUT2D eigenvalue weighted by molar-refractivity contribution is 8.00. The summed E-state index contributed by atoms with van der Waals surface area (Å²) in [5.74, 6) is -0.610. The van der Waals surface area contributed by atoms with Crippen LogP contribution in [0.5, 0.6) is 0 Å². The van der Waals surface area contributed by atoms with E-state index in [0.717, 1.165) is 21.4 Å². The molecular weight excluding hydrogens is 470 g/mol. The van der Waals surface area contributed by atoms with Crippen molar-refractivity contribution in [2.24, 2.45) is 0 Å². The van der Waals surface area contributed by atoms with Crippen LogP contribution in [0.1, 0.15) is 12.0 Å². The van der Waals surface area contributed by atoms with Crippen LogP contribution in [-0.4, -0.2) is 28.0 Å². The van der Waals surface area contributed by atoms with E-state index in [1.165, 1.54) is 16.7 Å². The monoisotopic (exact) mass is 489 g/mol. The van der Waals surface area contributed by atoms with Crippen LogP contribution in [0.4, 0.5) is 11.4 Å². The summed E-state index contributed by atoms with van der Waals surface area (Å²) < 4.78 is 0. The van der Waals surface area contributed by atoms with Gasteiger partial charge in [0.25, 0.3) is 0 Å². The second-order valence-electron chi connectivity index (χ2n) is 8.01. The molecule has 0 bridgehead atoms. The summed E-state index contributed by atoms with van der Waals surface area (Å²) in [5.41, 5.74) is 2.93. The Hall–Kier alpha value is -3.55. The van der Waals surface area contributed by atoms with Gasteiger partial charge in [0.1, 0.15) is 0 Å². The molecule has 1 atom stereocenters. The third-order valence-corrected chi connectivity index (χ3v) is 7.01. The van der Waals surface area contributed by atoms with Gasteiger partial charge in [0.05, 0.1) is 17.4 Å². The van der Waals surface area contributed by atoms with Crippen molar-refractivity contribution >= 4 is 63.4 Å². The SMILES string of the molecule is O=C(Cc1ccc(Cl)cc1)Nc1cccc(SC2CC(=O)N(c3ccc4cc[nH]c4c3)C2=O)c1. The molecule has 3 aromatic carbocycles. The lowest BCUT2D eigenvalue weighted by Crippen LogP contribution is -2.31. The Balaban J connectivity index is 1.26. The number of amides is 3. The van der Waals surface area contributed by atoms with Gasteiger partial charge < -0.3 is 10.3 Å². The minimum atomic E-state index is -0.521. The van der Waals surface area contributed by atoms with E-state index in [4.69, 9.17) is 11.6 Å². The van der Waals surface area contributed by atoms with Crippen LogP contribution in [-0.2, 0) is 20.8 Å². The number of imide groups is 1. The van der Waals surface area contributed by atoms with E-state index in [9.17, 15) is 14.4 Å². The second kappa shape index (κ2) is 9.37. The highest BCUT2D eigenvalue weighted by Crippen LogP contribution is 2.35. The van der Waals surface area contributed by atoms with Crippen LogP contribution >= 0.6 is 23.4 Å². The maximum atomic E-state index is 13.1. The molecule has 4 aromatic rings. The standard InChI is InChI=1S/C26H20ClN3O3S/c27-18-7-4-16(5-8-18)12-24(31)29-19-2-1-3-21(13-19)34-23-15-25(32)30(26(23)33)20-9-6-17-10-11-28-22(17)14-20/h1-11,13-14,23,28H,12,15H2,(H,29,31). The first kappa shape index (κ1) is 22.3. The Morgan fingerprint density at radius 3 is 2.71 bits per heavy atom. The lowest BCUT2D eigenvalue weighted by molar-refractivity contribution is -0.121. The maximum Gasteiger partial charge on any atom is 0.247 e. The number of carbonyl (C=O) groups is 3. The van der Waals surface area contributed by atoms with Gasteiger partial charge in [-0.25, -0.2) is 4.90 Å². The van der Waals surface area contributed by atoms with Crippen molar-refractivity contribution in [2.45, 2.75) is 23.0 Å². The van der Waals surface area contributed by atoms with Crippen molar-refractivity contribution in [3.63, 3.8) is 0 Å². The van der Waals surface area contributed by atoms with Crippen LogP contribution in [0.15, 0.2) is 83.9 Å². The summed E-state index contributed by atoms with van der Waals surface area (Å²) in [6.07, 6.45) is 2.17. The van der Waals surface area contributed by atoms with Crippen LogP contribution in [0.2, 0.25) is 5.02 Å². The number of thioether (sulfide) groups is 1. The maximum absolute atomic E-state index is 13.1. The van der Waals surface area contributed by atoms with Gasteiger partial charge in [-0.05, 0) is 59.5 Å². The Labute approximate surface area is 205 Å². The molecule has 170 valence electrons. The molecular formula is C26H20ClN3O3S. The summed E-state index contributed by atoms with van der Waals surface area (Å²) in [4.78, 5) is 43.4. The number of halogens is 1. The van der Waals surface area contributed by atoms with Crippen LogP contribution in [0.25, 0.3) is 10.9 Å². The molecule has 0 saturated carbocycles. The number of aromatic nitrogens is 1. The predicted octanol–water partition coefficient (Wildman–Crippen LogP) is 5.43. The van der Waals surface area contributed by atoms with Gasteiger partial charge in [0, 0.05) is 33.7 Å². The van der Waals surface area contributed by atoms with Crippen LogP contribution in [0, 0.1) is 0 Å². The third kappa shape index (κ3) is 4.71. The topological polar surface area (TPSA) is 82.3 Å². The zero-order valence-corrected chi connectivity index (χ0v) is 19.5. The first-order valence-electron chi connectivity index (χ1n) is 10.7. The normalized spacial score (nSPS) is 15.8. The minimum absolute atomic E-state index is 0.124. The van der Waals surface area contributed by atoms with E-state index in [2.05, 4.69) is 10.3 Å². The van der Waals surface area contributed by atoms with Gasteiger partial charge in [-0.3, -0.25) is 14.4 Å². The molecule has 2 heterocycles. The fraction of sp³-hybridized carbons (Fsp3) is 0.115. The smallest absolute Gasteiger partial charge is 0.247 e. The van der Waals surface area contributed by atoms with E-state index in [0.29, 0.717) is 16.4 Å². The summed E-state index contributed by atoms with van der Waals surface area (Å²) >= 11 is 7.22. The quantitative estimate of drug-likeness (QED) is 0.354. The highest BCUT2D eigenvalue weighted by Gasteiger charge is 2.40. The van der Waals surface area contributed by atoms with Gasteiger partial charge in [-0.2, -0.15) is 0 Å². The third-order valence-electron chi connectivity index (χ3n) is 5.58. The molecule has 1 aliphatic rings. The Bertz CT molecular complexity index is 1400. The van der Waals surface area contributed by atoms with Gasteiger partial charge in [0.15, 0.2) is 0 Å². The number of anilines is 2. The van der Waals surface area contributed by atoms with Crippen molar-refractivity contribution < 1.29 is 14.4 Å². The molecule has 5 rings (SSSR count). The fourth-order valence-electron chi connectivity index (χ4n) is 3.95. The highest BCUT2D eigenvalue weighted by atomic mass is 35.5. The van der Waals surface area contributed by atoms with Crippen LogP contribution in [0.3, 0.4) is 0 Å². The fourth-order valence-corrected chi connectivity index (χ4v) is 5.19. The van der Waals surface area contributed by atoms with E-state index in [1.807, 2.05) is 54.7 Å². The summed E-state index contributed by atoms with van der Waals surface area (Å²) in [6.45, 7) is 0. The Morgan fingerprint density at radius 2 is 1.88 bits per heavy atom. The van der Waals surface area contributed by atoms with Gasteiger partial charge >= 0.3 is 0 Å². The average molecular weight is 490 g/mol. The molecule has 6 nitrogen and oxygen atoms in total. The number of nitrogens with zero attached hydrogens (tertiary/aromatic N) is 1. The van der Waals surface area contributed by atoms with E-state index in [1.54, 1.807) is 24.3 Å². The molecule has 1 unspecified atom stereocenters. The number of aromatic amines is 1. The molecule has 0 spiro atoms. The van der Waals surface area contributed by atoms with E-state index in [-0.39, 0.29) is 30.6 Å². The lowest BCUT2D eigenvalue weighted by Gasteiger charge is -2.15. The molecule has 1 fully saturated rings. The first-order valence-corrected chi connectivity index (χ1v) is 12.0. The lowest BCUT2D eigenvalue weighted by atomic mass is 10.1. The first-order chi connectivity index (χ1) is 16.5. The number of fused-ring (bicyclic) bond motifs is 1. The van der Waals surface area contributed by atoms with Gasteiger partial charge in [0.2, 0.25) is 17.7 Å².